The number of anilines is 1. The fourth-order valence-electron chi connectivity index (χ4n) is 6.85. The number of hydrogen-bond acceptors (Lipinski definition) is 9. The lowest BCUT2D eigenvalue weighted by Crippen LogP contribution is -2.58. The minimum absolute atomic E-state index is 0.0180. The van der Waals surface area contributed by atoms with E-state index in [4.69, 9.17) is 9.47 Å². The zero-order valence-corrected chi connectivity index (χ0v) is 31.4. The maximum atomic E-state index is 14.6. The predicted octanol–water partition coefficient (Wildman–Crippen LogP) is 5.04. The van der Waals surface area contributed by atoms with Gasteiger partial charge in [0, 0.05) is 35.0 Å². The highest BCUT2D eigenvalue weighted by Gasteiger charge is 2.62. The van der Waals surface area contributed by atoms with Gasteiger partial charge in [-0.15, -0.1) is 6.58 Å². The van der Waals surface area contributed by atoms with Gasteiger partial charge in [-0.05, 0) is 54.3 Å². The summed E-state index contributed by atoms with van der Waals surface area (Å²) in [6, 6.07) is 15.5. The molecule has 5 atom stereocenters. The molecule has 0 unspecified atom stereocenters. The molecule has 1 aromatic heterocycles. The maximum absolute atomic E-state index is 14.6. The number of sulfonamides is 1. The lowest BCUT2D eigenvalue weighted by molar-refractivity contribution is -0.150. The van der Waals surface area contributed by atoms with Crippen LogP contribution in [0.15, 0.2) is 73.4 Å². The van der Waals surface area contributed by atoms with Crippen molar-refractivity contribution in [2.45, 2.75) is 95.3 Å². The minimum Gasteiger partial charge on any atom is -0.472 e. The van der Waals surface area contributed by atoms with Gasteiger partial charge in [-0.25, -0.2) is 18.2 Å². The van der Waals surface area contributed by atoms with Crippen molar-refractivity contribution >= 4 is 50.3 Å². The Hall–Kier alpha value is -4.98. The second-order valence-electron chi connectivity index (χ2n) is 15.5. The monoisotopic (exact) mass is 745 g/mol. The summed E-state index contributed by atoms with van der Waals surface area (Å²) < 4.78 is 39.8. The molecule has 3 fully saturated rings. The Kier molecular flexibility index (Phi) is 10.3. The molecular weight excluding hydrogens is 699 g/mol. The van der Waals surface area contributed by atoms with Crippen molar-refractivity contribution < 1.29 is 37.1 Å². The summed E-state index contributed by atoms with van der Waals surface area (Å²) in [5, 5.41) is 6.56. The van der Waals surface area contributed by atoms with Crippen LogP contribution in [0.25, 0.3) is 10.8 Å². The zero-order chi connectivity index (χ0) is 38.3. The van der Waals surface area contributed by atoms with E-state index in [-0.39, 0.29) is 25.3 Å². The summed E-state index contributed by atoms with van der Waals surface area (Å²) in [5.74, 6) is -2.25. The van der Waals surface area contributed by atoms with Crippen LogP contribution in [-0.2, 0) is 29.1 Å². The summed E-state index contributed by atoms with van der Waals surface area (Å²) in [7, 11) is -3.90. The van der Waals surface area contributed by atoms with Gasteiger partial charge in [-0.2, -0.15) is 0 Å². The number of nitrogens with zero attached hydrogens (tertiary/aromatic N) is 2. The van der Waals surface area contributed by atoms with E-state index >= 15 is 0 Å². The highest BCUT2D eigenvalue weighted by atomic mass is 32.2. The van der Waals surface area contributed by atoms with Crippen LogP contribution in [0, 0.1) is 11.3 Å². The topological polar surface area (TPSA) is 173 Å². The van der Waals surface area contributed by atoms with Gasteiger partial charge in [-0.3, -0.25) is 24.4 Å². The lowest BCUT2D eigenvalue weighted by Gasteiger charge is -2.34. The third-order valence-electron chi connectivity index (χ3n) is 10.1. The van der Waals surface area contributed by atoms with Crippen molar-refractivity contribution in [1.29, 1.82) is 0 Å². The van der Waals surface area contributed by atoms with Gasteiger partial charge in [0.15, 0.2) is 6.10 Å². The third-order valence-corrected chi connectivity index (χ3v) is 11.9. The molecule has 2 heterocycles. The smallest absolute Gasteiger partial charge is 0.412 e. The van der Waals surface area contributed by atoms with Crippen LogP contribution in [0.4, 0.5) is 10.5 Å². The van der Waals surface area contributed by atoms with E-state index in [2.05, 4.69) is 26.9 Å². The lowest BCUT2D eigenvalue weighted by atomic mass is 9.88. The number of ether oxygens (including phenoxy) is 2. The summed E-state index contributed by atoms with van der Waals surface area (Å²) in [4.78, 5) is 61.5. The normalized spacial score (nSPS) is 23.2. The number of pyridine rings is 1. The minimum atomic E-state index is -3.90. The van der Waals surface area contributed by atoms with Crippen LogP contribution in [0.3, 0.4) is 0 Å². The molecule has 2 saturated carbocycles. The second-order valence-corrected chi connectivity index (χ2v) is 17.5. The Labute approximate surface area is 309 Å². The van der Waals surface area contributed by atoms with Crippen molar-refractivity contribution in [3.05, 3.63) is 79.0 Å². The van der Waals surface area contributed by atoms with Gasteiger partial charge in [0.1, 0.15) is 17.7 Å². The molecule has 13 nitrogen and oxygen atoms in total. The molecule has 0 spiro atoms. The van der Waals surface area contributed by atoms with E-state index < -0.39 is 74.2 Å². The largest absolute Gasteiger partial charge is 0.472 e. The van der Waals surface area contributed by atoms with E-state index in [0.29, 0.717) is 24.4 Å². The zero-order valence-electron chi connectivity index (χ0n) is 30.6. The molecule has 0 bridgehead atoms. The fraction of sp³-hybridized carbons (Fsp3) is 0.462. The number of para-hydroxylation sites is 1. The average Bonchev–Trinajstić information content (AvgIpc) is 4.03. The highest BCUT2D eigenvalue weighted by Crippen LogP contribution is 2.45. The molecule has 3 aliphatic rings. The Morgan fingerprint density at radius 1 is 1.04 bits per heavy atom. The number of rotatable bonds is 12. The van der Waals surface area contributed by atoms with Gasteiger partial charge in [-0.1, -0.05) is 77.1 Å². The first kappa shape index (κ1) is 37.8. The summed E-state index contributed by atoms with van der Waals surface area (Å²) in [5.41, 5.74) is -1.03. The molecular formula is C39H47N5O8S. The van der Waals surface area contributed by atoms with Gasteiger partial charge in [0.2, 0.25) is 21.8 Å². The first-order valence-electron chi connectivity index (χ1n) is 17.9. The SMILES string of the molecule is C=C[C@@H]1C[C@]1(NC(=O)[C@@H]1C[C@@H](Oc2nccc3ccccc23)CN1C(=O)[C@@H](OC(=O)Nc1ccccc1C(C)C)C(C)(C)C)C(=O)NS(=O)(=O)C1CC1. The molecule has 3 N–H and O–H groups in total. The van der Waals surface area contributed by atoms with Crippen LogP contribution in [0.1, 0.15) is 71.8 Å². The van der Waals surface area contributed by atoms with Gasteiger partial charge >= 0.3 is 6.09 Å². The van der Waals surface area contributed by atoms with Gasteiger partial charge in [0.05, 0.1) is 11.8 Å². The van der Waals surface area contributed by atoms with E-state index in [1.807, 2.05) is 56.3 Å². The van der Waals surface area contributed by atoms with Crippen molar-refractivity contribution in [2.24, 2.45) is 11.3 Å². The molecule has 2 aliphatic carbocycles. The molecule has 14 heteroatoms. The molecule has 1 saturated heterocycles. The predicted molar refractivity (Wildman–Crippen MR) is 199 cm³/mol. The molecule has 1 aliphatic heterocycles. The van der Waals surface area contributed by atoms with E-state index in [1.165, 1.54) is 11.0 Å². The van der Waals surface area contributed by atoms with E-state index in [0.717, 1.165) is 16.3 Å². The number of nitrogens with one attached hydrogen (secondary N) is 3. The average molecular weight is 746 g/mol. The molecule has 4 amide bonds. The first-order valence-corrected chi connectivity index (χ1v) is 19.5. The van der Waals surface area contributed by atoms with Crippen LogP contribution in [0.5, 0.6) is 5.88 Å². The number of aromatic nitrogens is 1. The Morgan fingerprint density at radius 3 is 2.40 bits per heavy atom. The van der Waals surface area contributed by atoms with Crippen LogP contribution < -0.4 is 20.1 Å². The van der Waals surface area contributed by atoms with E-state index in [1.54, 1.807) is 39.1 Å². The van der Waals surface area contributed by atoms with Crippen LogP contribution in [0.2, 0.25) is 0 Å². The Balaban J connectivity index is 1.28. The summed E-state index contributed by atoms with van der Waals surface area (Å²) in [6.45, 7) is 13.0. The van der Waals surface area contributed by atoms with E-state index in [9.17, 15) is 27.6 Å². The van der Waals surface area contributed by atoms with Gasteiger partial charge in [0.25, 0.3) is 11.8 Å². The quantitative estimate of drug-likeness (QED) is 0.215. The van der Waals surface area contributed by atoms with Crippen LogP contribution in [-0.4, -0.2) is 77.7 Å². The molecule has 2 aromatic carbocycles. The molecule has 3 aromatic rings. The summed E-state index contributed by atoms with van der Waals surface area (Å²) in [6.07, 6.45) is 1.30. The number of hydrogen-bond donors (Lipinski definition) is 3. The van der Waals surface area contributed by atoms with Crippen molar-refractivity contribution in [3.8, 4) is 5.88 Å². The Bertz CT molecular complexity index is 2040. The van der Waals surface area contributed by atoms with Crippen molar-refractivity contribution in [3.63, 3.8) is 0 Å². The number of fused-ring (bicyclic) bond motifs is 1. The first-order chi connectivity index (χ1) is 25.0. The molecule has 6 rings (SSSR count). The number of likely N-dealkylation sites (tertiary alicyclic amines) is 1. The number of carbonyl (C=O) groups excluding carboxylic acids is 4. The Morgan fingerprint density at radius 2 is 1.74 bits per heavy atom. The molecule has 282 valence electrons. The molecule has 53 heavy (non-hydrogen) atoms. The molecule has 0 radical (unpaired) electrons. The standard InChI is InChI=1S/C39H47N5O8S/c1-7-25-21-39(25,36(47)43-53(49,50)27-16-17-27)42-33(45)31-20-26(51-34-29-14-9-8-12-24(29)18-19-40-34)22-44(31)35(46)32(38(4,5)6)52-37(48)41-30-15-11-10-13-28(30)23(2)3/h7-15,18-19,23,25-27,31-32H,1,16-17,20-22H2,2-6H3,(H,41,48)(H,42,45)(H,43,47)/t25-,26-,31+,32-,39-/m1/s1. The van der Waals surface area contributed by atoms with Crippen LogP contribution >= 0.6 is 0 Å². The fourth-order valence-corrected chi connectivity index (χ4v) is 8.21. The van der Waals surface area contributed by atoms with Crippen molar-refractivity contribution in [2.75, 3.05) is 11.9 Å². The number of amides is 4. The third kappa shape index (κ3) is 8.02. The summed E-state index contributed by atoms with van der Waals surface area (Å²) >= 11 is 0. The van der Waals surface area contributed by atoms with Crippen molar-refractivity contribution in [1.82, 2.24) is 19.9 Å². The second kappa shape index (κ2) is 14.4. The van der Waals surface area contributed by atoms with Gasteiger partial charge < -0.3 is 19.7 Å². The number of carbonyl (C=O) groups is 4. The maximum Gasteiger partial charge on any atom is 0.412 e. The highest BCUT2D eigenvalue weighted by molar-refractivity contribution is 7.91. The number of benzene rings is 2.